The lowest BCUT2D eigenvalue weighted by Gasteiger charge is -2.13. The Morgan fingerprint density at radius 3 is 2.30 bits per heavy atom. The van der Waals surface area contributed by atoms with Gasteiger partial charge in [-0.25, -0.2) is 13.6 Å². The number of aromatic amines is 1. The lowest BCUT2D eigenvalue weighted by Crippen LogP contribution is -2.20. The fraction of sp³-hybridized carbons (Fsp3) is 0.0714. The first kappa shape index (κ1) is 23.8. The van der Waals surface area contributed by atoms with E-state index in [4.69, 9.17) is 0 Å². The van der Waals surface area contributed by atoms with E-state index in [1.807, 2.05) is 36.4 Å². The lowest BCUT2D eigenvalue weighted by molar-refractivity contribution is -0.110. The molecule has 0 bridgehead atoms. The first-order valence-electron chi connectivity index (χ1n) is 11.5. The summed E-state index contributed by atoms with van der Waals surface area (Å²) in [5.41, 5.74) is 4.95. The largest absolute Gasteiger partial charge is 0.362 e. The number of fused-ring (bicyclic) bond motifs is 1. The summed E-state index contributed by atoms with van der Waals surface area (Å²) in [5, 5.41) is 11.4. The zero-order chi connectivity index (χ0) is 26.0. The highest BCUT2D eigenvalue weighted by atomic mass is 19.3. The van der Waals surface area contributed by atoms with Gasteiger partial charge in [0.25, 0.3) is 11.8 Å². The van der Waals surface area contributed by atoms with Crippen LogP contribution in [0.25, 0.3) is 11.6 Å². The summed E-state index contributed by atoms with van der Waals surface area (Å²) in [7, 11) is 0. The Morgan fingerprint density at radius 2 is 1.57 bits per heavy atom. The van der Waals surface area contributed by atoms with E-state index in [1.54, 1.807) is 30.5 Å². The van der Waals surface area contributed by atoms with E-state index in [0.29, 0.717) is 22.6 Å². The zero-order valence-electron chi connectivity index (χ0n) is 19.7. The topological polar surface area (TPSA) is 98.0 Å². The van der Waals surface area contributed by atoms with Crippen molar-refractivity contribution in [3.05, 3.63) is 102 Å². The number of anilines is 5. The molecule has 1 aliphatic heterocycles. The van der Waals surface area contributed by atoms with E-state index in [9.17, 15) is 18.4 Å². The standard InChI is InChI=1S/C28H23F2N5O2/c1-28(29,30)17-5-2-6-19(13-17)33-27(37)34-21-8-3-7-20(14-21)32-22-10-11-23-24(15-18-9-4-12-31-18)26(36)35-25(23)16-22/h2-16,31-32H,1H3,(H,35,36)(H2,33,34,37)/b24-15+. The molecule has 5 rings (SSSR count). The molecule has 0 radical (unpaired) electrons. The monoisotopic (exact) mass is 499 g/mol. The summed E-state index contributed by atoms with van der Waals surface area (Å²) >= 11 is 0. The predicted octanol–water partition coefficient (Wildman–Crippen LogP) is 7.01. The SMILES string of the molecule is CC(F)(F)c1cccc(NC(=O)Nc2cccc(Nc3ccc4c(c3)NC(=O)/C4=C/c3ccc[nH]3)c2)c1. The van der Waals surface area contributed by atoms with Gasteiger partial charge in [0.15, 0.2) is 0 Å². The van der Waals surface area contributed by atoms with Crippen molar-refractivity contribution in [3.8, 4) is 0 Å². The maximum absolute atomic E-state index is 13.6. The van der Waals surface area contributed by atoms with Crippen LogP contribution in [0.1, 0.15) is 23.7 Å². The fourth-order valence-corrected chi connectivity index (χ4v) is 4.01. The third kappa shape index (κ3) is 5.51. The number of benzene rings is 3. The van der Waals surface area contributed by atoms with Crippen molar-refractivity contribution < 1.29 is 18.4 Å². The van der Waals surface area contributed by atoms with Gasteiger partial charge in [-0.15, -0.1) is 0 Å². The minimum atomic E-state index is -3.01. The molecule has 0 saturated heterocycles. The molecular weight excluding hydrogens is 476 g/mol. The quantitative estimate of drug-likeness (QED) is 0.185. The molecule has 1 aliphatic rings. The second kappa shape index (κ2) is 9.62. The highest BCUT2D eigenvalue weighted by Gasteiger charge is 2.25. The van der Waals surface area contributed by atoms with Gasteiger partial charge in [-0.2, -0.15) is 0 Å². The van der Waals surface area contributed by atoms with E-state index < -0.39 is 12.0 Å². The summed E-state index contributed by atoms with van der Waals surface area (Å²) in [6.07, 6.45) is 3.60. The number of urea groups is 1. The van der Waals surface area contributed by atoms with Gasteiger partial charge in [0, 0.05) is 52.7 Å². The summed E-state index contributed by atoms with van der Waals surface area (Å²) in [5.74, 6) is -3.18. The van der Waals surface area contributed by atoms with Gasteiger partial charge in [0.1, 0.15) is 0 Å². The van der Waals surface area contributed by atoms with Gasteiger partial charge in [-0.05, 0) is 60.7 Å². The Labute approximate surface area is 211 Å². The van der Waals surface area contributed by atoms with E-state index in [-0.39, 0.29) is 17.2 Å². The number of aromatic nitrogens is 1. The van der Waals surface area contributed by atoms with Crippen molar-refractivity contribution in [3.63, 3.8) is 0 Å². The summed E-state index contributed by atoms with van der Waals surface area (Å²) in [4.78, 5) is 28.0. The molecule has 0 unspecified atom stereocenters. The molecule has 186 valence electrons. The molecule has 9 heteroatoms. The van der Waals surface area contributed by atoms with Crippen molar-refractivity contribution in [2.45, 2.75) is 12.8 Å². The molecule has 7 nitrogen and oxygen atoms in total. The van der Waals surface area contributed by atoms with Crippen LogP contribution >= 0.6 is 0 Å². The summed E-state index contributed by atoms with van der Waals surface area (Å²) < 4.78 is 27.1. The van der Waals surface area contributed by atoms with Crippen LogP contribution < -0.4 is 21.3 Å². The van der Waals surface area contributed by atoms with E-state index in [2.05, 4.69) is 26.3 Å². The molecule has 2 heterocycles. The number of carbonyl (C=O) groups is 2. The first-order valence-corrected chi connectivity index (χ1v) is 11.5. The molecule has 37 heavy (non-hydrogen) atoms. The molecule has 0 spiro atoms. The third-order valence-corrected chi connectivity index (χ3v) is 5.76. The molecule has 0 fully saturated rings. The summed E-state index contributed by atoms with van der Waals surface area (Å²) in [6, 6.07) is 21.4. The van der Waals surface area contributed by atoms with Crippen LogP contribution in [0.2, 0.25) is 0 Å². The van der Waals surface area contributed by atoms with Crippen molar-refractivity contribution in [2.75, 3.05) is 21.3 Å². The van der Waals surface area contributed by atoms with Crippen LogP contribution in [-0.4, -0.2) is 16.9 Å². The maximum Gasteiger partial charge on any atom is 0.323 e. The number of amides is 3. The number of carbonyl (C=O) groups excluding carboxylic acids is 2. The maximum atomic E-state index is 13.6. The Hall–Kier alpha value is -4.92. The minimum absolute atomic E-state index is 0.174. The van der Waals surface area contributed by atoms with Crippen molar-refractivity contribution >= 4 is 52.0 Å². The van der Waals surface area contributed by atoms with Crippen LogP contribution in [0.3, 0.4) is 0 Å². The van der Waals surface area contributed by atoms with Gasteiger partial charge >= 0.3 is 6.03 Å². The van der Waals surface area contributed by atoms with Gasteiger partial charge in [0.05, 0.1) is 11.3 Å². The minimum Gasteiger partial charge on any atom is -0.362 e. The number of rotatable bonds is 6. The van der Waals surface area contributed by atoms with E-state index in [1.165, 1.54) is 24.3 Å². The molecule has 0 aliphatic carbocycles. The van der Waals surface area contributed by atoms with Crippen molar-refractivity contribution in [1.82, 2.24) is 4.98 Å². The van der Waals surface area contributed by atoms with Gasteiger partial charge in [-0.3, -0.25) is 4.79 Å². The average Bonchev–Trinajstić information content (AvgIpc) is 3.46. The Bertz CT molecular complexity index is 1510. The van der Waals surface area contributed by atoms with Gasteiger partial charge in [0.2, 0.25) is 0 Å². The normalized spacial score (nSPS) is 13.7. The van der Waals surface area contributed by atoms with Gasteiger partial charge in [-0.1, -0.05) is 24.3 Å². The number of alkyl halides is 2. The predicted molar refractivity (Wildman–Crippen MR) is 142 cm³/mol. The van der Waals surface area contributed by atoms with Crippen molar-refractivity contribution in [2.24, 2.45) is 0 Å². The smallest absolute Gasteiger partial charge is 0.323 e. The van der Waals surface area contributed by atoms with Gasteiger partial charge < -0.3 is 26.3 Å². The van der Waals surface area contributed by atoms with Crippen LogP contribution in [0.5, 0.6) is 0 Å². The Kier molecular flexibility index (Phi) is 6.19. The molecule has 0 atom stereocenters. The molecule has 3 amide bonds. The molecular formula is C28H23F2N5O2. The number of nitrogens with one attached hydrogen (secondary N) is 5. The zero-order valence-corrected chi connectivity index (χ0v) is 19.7. The van der Waals surface area contributed by atoms with E-state index >= 15 is 0 Å². The lowest BCUT2D eigenvalue weighted by atomic mass is 10.1. The summed E-state index contributed by atoms with van der Waals surface area (Å²) in [6.45, 7) is 0.804. The second-order valence-corrected chi connectivity index (χ2v) is 8.65. The molecule has 4 aromatic rings. The Morgan fingerprint density at radius 1 is 0.865 bits per heavy atom. The first-order chi connectivity index (χ1) is 17.7. The van der Waals surface area contributed by atoms with Crippen LogP contribution in [0.4, 0.5) is 42.0 Å². The van der Waals surface area contributed by atoms with Crippen LogP contribution in [0.15, 0.2) is 85.1 Å². The van der Waals surface area contributed by atoms with E-state index in [0.717, 1.165) is 23.9 Å². The van der Waals surface area contributed by atoms with Crippen LogP contribution in [0, 0.1) is 0 Å². The highest BCUT2D eigenvalue weighted by molar-refractivity contribution is 6.35. The second-order valence-electron chi connectivity index (χ2n) is 8.65. The van der Waals surface area contributed by atoms with Crippen LogP contribution in [-0.2, 0) is 10.7 Å². The Balaban J connectivity index is 1.26. The number of hydrogen-bond acceptors (Lipinski definition) is 3. The number of H-pyrrole nitrogens is 1. The third-order valence-electron chi connectivity index (χ3n) is 5.76. The number of hydrogen-bond donors (Lipinski definition) is 5. The average molecular weight is 500 g/mol. The fourth-order valence-electron chi connectivity index (χ4n) is 4.01. The number of halogens is 2. The molecule has 0 saturated carbocycles. The highest BCUT2D eigenvalue weighted by Crippen LogP contribution is 2.36. The van der Waals surface area contributed by atoms with Crippen molar-refractivity contribution in [1.29, 1.82) is 0 Å². The molecule has 3 aromatic carbocycles. The molecule has 1 aromatic heterocycles. The molecule has 5 N–H and O–H groups in total.